The number of carbonyl (C=O) groups is 1. The van der Waals surface area contributed by atoms with Crippen molar-refractivity contribution >= 4 is 30.5 Å². The first-order valence-electron chi connectivity index (χ1n) is 6.73. The van der Waals surface area contributed by atoms with Crippen LogP contribution < -0.4 is 4.74 Å². The van der Waals surface area contributed by atoms with Crippen LogP contribution in [0.25, 0.3) is 16.8 Å². The van der Waals surface area contributed by atoms with E-state index in [1.165, 1.54) is 6.07 Å². The Morgan fingerprint density at radius 3 is 2.86 bits per heavy atom. The van der Waals surface area contributed by atoms with Gasteiger partial charge in [-0.2, -0.15) is 0 Å². The lowest BCUT2D eigenvalue weighted by Crippen LogP contribution is -2.32. The Balaban J connectivity index is 2.25. The Morgan fingerprint density at radius 1 is 1.38 bits per heavy atom. The smallest absolute Gasteiger partial charge is 0.191 e. The van der Waals surface area contributed by atoms with Crippen molar-refractivity contribution in [2.45, 2.75) is 12.4 Å². The minimum Gasteiger partial charge on any atom is -0.507 e. The summed E-state index contributed by atoms with van der Waals surface area (Å²) in [6, 6.07) is 6.88. The van der Waals surface area contributed by atoms with Gasteiger partial charge < -0.3 is 14.9 Å². The minimum absolute atomic E-state index is 0.121. The number of phenolic OH excluding ortho intramolecular Hbond substituents is 1. The molecule has 3 rings (SSSR count). The number of ketones is 1. The number of aliphatic hydroxyl groups excluding tert-OH is 1. The van der Waals surface area contributed by atoms with Crippen LogP contribution in [0.1, 0.15) is 22.8 Å². The molecule has 106 valence electrons. The molecular formula is C16H15BO4. The van der Waals surface area contributed by atoms with Crippen molar-refractivity contribution in [2.24, 2.45) is 0 Å². The largest absolute Gasteiger partial charge is 0.507 e. The molecule has 1 heterocycles. The van der Waals surface area contributed by atoms with E-state index in [0.717, 1.165) is 16.3 Å². The fraction of sp³-hybridized carbons (Fsp3) is 0.188. The van der Waals surface area contributed by atoms with Crippen LogP contribution in [0.4, 0.5) is 0 Å². The van der Waals surface area contributed by atoms with Crippen LogP contribution in [0.3, 0.4) is 0 Å². The van der Waals surface area contributed by atoms with Crippen molar-refractivity contribution in [1.29, 1.82) is 0 Å². The van der Waals surface area contributed by atoms with Crippen molar-refractivity contribution < 1.29 is 19.7 Å². The second-order valence-corrected chi connectivity index (χ2v) is 5.69. The monoisotopic (exact) mass is 282 g/mol. The molecule has 0 fully saturated rings. The summed E-state index contributed by atoms with van der Waals surface area (Å²) >= 11 is 0. The van der Waals surface area contributed by atoms with Crippen LogP contribution >= 0.6 is 0 Å². The molecule has 0 radical (unpaired) electrons. The van der Waals surface area contributed by atoms with Crippen LogP contribution in [0.2, 0.25) is 0 Å². The van der Waals surface area contributed by atoms with E-state index in [1.807, 2.05) is 39.1 Å². The Morgan fingerprint density at radius 2 is 2.14 bits per heavy atom. The van der Waals surface area contributed by atoms with E-state index >= 15 is 0 Å². The number of carbonyl (C=O) groups excluding carboxylic acids is 1. The first kappa shape index (κ1) is 13.7. The number of hydrogen-bond donors (Lipinski definition) is 2. The van der Waals surface area contributed by atoms with Gasteiger partial charge in [-0.15, -0.1) is 0 Å². The van der Waals surface area contributed by atoms with Crippen LogP contribution in [-0.2, 0) is 0 Å². The number of aliphatic hydroxyl groups is 1. The molecule has 1 unspecified atom stereocenters. The molecular weight excluding hydrogens is 267 g/mol. The average molecular weight is 282 g/mol. The normalized spacial score (nSPS) is 20.1. The van der Waals surface area contributed by atoms with Gasteiger partial charge in [0.2, 0.25) is 0 Å². The summed E-state index contributed by atoms with van der Waals surface area (Å²) in [4.78, 5) is 11.6. The number of hydrogen-bond acceptors (Lipinski definition) is 4. The van der Waals surface area contributed by atoms with Gasteiger partial charge in [-0.25, -0.2) is 0 Å². The van der Waals surface area contributed by atoms with Gasteiger partial charge in [-0.3, -0.25) is 4.79 Å². The lowest BCUT2D eigenvalue weighted by Gasteiger charge is -2.29. The number of benzene rings is 2. The molecule has 2 aromatic carbocycles. The minimum atomic E-state index is -0.629. The highest BCUT2D eigenvalue weighted by Gasteiger charge is 2.24. The van der Waals surface area contributed by atoms with E-state index < -0.39 is 17.9 Å². The molecule has 0 aliphatic carbocycles. The van der Waals surface area contributed by atoms with Crippen molar-refractivity contribution in [3.8, 4) is 11.5 Å². The molecule has 0 spiro atoms. The summed E-state index contributed by atoms with van der Waals surface area (Å²) in [7, 11) is 1.95. The van der Waals surface area contributed by atoms with E-state index in [1.54, 1.807) is 6.07 Å². The zero-order valence-corrected chi connectivity index (χ0v) is 11.9. The standard InChI is InChI=1S/C16H15BO4/c1-16(17)5-4-9-2-3-10-6-12(14(20)8-18)13(19)7-11(10)15(9)21-16/h2-7,18-19H,8,17H2,1H3. The summed E-state index contributed by atoms with van der Waals surface area (Å²) in [6.07, 6.45) is 3.97. The van der Waals surface area contributed by atoms with Gasteiger partial charge >= 0.3 is 0 Å². The molecule has 0 bridgehead atoms. The molecule has 0 saturated carbocycles. The Bertz CT molecular complexity index is 777. The highest BCUT2D eigenvalue weighted by atomic mass is 16.5. The third kappa shape index (κ3) is 2.30. The maximum atomic E-state index is 11.6. The maximum Gasteiger partial charge on any atom is 0.191 e. The molecule has 0 saturated heterocycles. The number of phenols is 1. The van der Waals surface area contributed by atoms with Crippen LogP contribution in [0.5, 0.6) is 11.5 Å². The number of rotatable bonds is 2. The molecule has 1 aliphatic heterocycles. The third-order valence-corrected chi connectivity index (χ3v) is 3.59. The first-order valence-corrected chi connectivity index (χ1v) is 6.73. The van der Waals surface area contributed by atoms with Crippen LogP contribution in [-0.4, -0.2) is 35.9 Å². The predicted molar refractivity (Wildman–Crippen MR) is 83.6 cm³/mol. The van der Waals surface area contributed by atoms with Crippen LogP contribution in [0, 0.1) is 0 Å². The van der Waals surface area contributed by atoms with Crippen molar-refractivity contribution in [3.63, 3.8) is 0 Å². The van der Waals surface area contributed by atoms with Crippen molar-refractivity contribution in [1.82, 2.24) is 0 Å². The summed E-state index contributed by atoms with van der Waals surface area (Å²) in [6.45, 7) is 1.32. The number of Topliss-reactive ketones (excluding diaryl/α,β-unsaturated/α-hetero) is 1. The lowest BCUT2D eigenvalue weighted by molar-refractivity contribution is 0.0901. The molecule has 4 nitrogen and oxygen atoms in total. The lowest BCUT2D eigenvalue weighted by atomic mass is 9.81. The highest BCUT2D eigenvalue weighted by Crippen LogP contribution is 2.39. The van der Waals surface area contributed by atoms with Gasteiger partial charge in [0.1, 0.15) is 18.1 Å². The zero-order valence-electron chi connectivity index (χ0n) is 11.9. The van der Waals surface area contributed by atoms with Crippen molar-refractivity contribution in [2.75, 3.05) is 6.61 Å². The molecule has 2 N–H and O–H groups in total. The SMILES string of the molecule is BC1(C)C=Cc2ccc3cc(C(=O)CO)c(O)cc3c2O1. The third-order valence-electron chi connectivity index (χ3n) is 3.59. The summed E-state index contributed by atoms with van der Waals surface area (Å²) in [5.41, 5.74) is 0.634. The molecule has 5 heteroatoms. The summed E-state index contributed by atoms with van der Waals surface area (Å²) in [5.74, 6) is 0.0393. The molecule has 0 amide bonds. The molecule has 0 aromatic heterocycles. The Kier molecular flexibility index (Phi) is 3.03. The Labute approximate surface area is 123 Å². The Hall–Kier alpha value is -2.27. The zero-order chi connectivity index (χ0) is 15.2. The van der Waals surface area contributed by atoms with E-state index in [-0.39, 0.29) is 11.3 Å². The van der Waals surface area contributed by atoms with E-state index in [4.69, 9.17) is 9.84 Å². The predicted octanol–water partition coefficient (Wildman–Crippen LogP) is 1.48. The summed E-state index contributed by atoms with van der Waals surface area (Å²) in [5, 5.41) is 20.5. The number of aromatic hydroxyl groups is 1. The van der Waals surface area contributed by atoms with Gasteiger partial charge in [0.05, 0.1) is 11.1 Å². The highest BCUT2D eigenvalue weighted by molar-refractivity contribution is 6.17. The maximum absolute atomic E-state index is 11.6. The van der Waals surface area contributed by atoms with E-state index in [0.29, 0.717) is 5.75 Å². The van der Waals surface area contributed by atoms with Gasteiger partial charge in [-0.1, -0.05) is 24.3 Å². The average Bonchev–Trinajstić information content (AvgIpc) is 2.45. The quantitative estimate of drug-likeness (QED) is 0.646. The molecule has 1 atom stereocenters. The van der Waals surface area contributed by atoms with Crippen molar-refractivity contribution in [3.05, 3.63) is 41.5 Å². The van der Waals surface area contributed by atoms with Crippen LogP contribution in [0.15, 0.2) is 30.3 Å². The fourth-order valence-corrected chi connectivity index (χ4v) is 2.49. The topological polar surface area (TPSA) is 66.8 Å². The molecule has 21 heavy (non-hydrogen) atoms. The van der Waals surface area contributed by atoms with E-state index in [9.17, 15) is 9.90 Å². The fourth-order valence-electron chi connectivity index (χ4n) is 2.49. The first-order chi connectivity index (χ1) is 9.91. The molecule has 1 aliphatic rings. The second kappa shape index (κ2) is 4.64. The molecule has 2 aromatic rings. The van der Waals surface area contributed by atoms with Gasteiger partial charge in [0.15, 0.2) is 13.6 Å². The van der Waals surface area contributed by atoms with E-state index in [2.05, 4.69) is 0 Å². The van der Waals surface area contributed by atoms with Gasteiger partial charge in [0.25, 0.3) is 0 Å². The van der Waals surface area contributed by atoms with Gasteiger partial charge in [-0.05, 0) is 24.4 Å². The summed E-state index contributed by atoms with van der Waals surface area (Å²) < 4.78 is 5.98. The van der Waals surface area contributed by atoms with Gasteiger partial charge in [0, 0.05) is 10.9 Å². The second-order valence-electron chi connectivity index (χ2n) is 5.69. The number of fused-ring (bicyclic) bond motifs is 3. The number of ether oxygens (including phenoxy) is 1.